The van der Waals surface area contributed by atoms with Crippen molar-refractivity contribution in [1.82, 2.24) is 4.90 Å². The van der Waals surface area contributed by atoms with Gasteiger partial charge in [0.2, 0.25) is 5.91 Å². The topological polar surface area (TPSA) is 57.6 Å². The molecule has 0 bridgehead atoms. The van der Waals surface area contributed by atoms with E-state index < -0.39 is 11.9 Å². The Kier molecular flexibility index (Phi) is 3.77. The number of likely N-dealkylation sites (tertiary alicyclic amines) is 1. The van der Waals surface area contributed by atoms with Crippen LogP contribution in [0.25, 0.3) is 6.08 Å². The van der Waals surface area contributed by atoms with Gasteiger partial charge in [0, 0.05) is 19.5 Å². The van der Waals surface area contributed by atoms with Gasteiger partial charge in [-0.25, -0.2) is 0 Å². The molecule has 1 N–H and O–H groups in total. The minimum atomic E-state index is -0.891. The number of rotatable bonds is 4. The Morgan fingerprint density at radius 2 is 2.11 bits per heavy atom. The molecule has 0 aliphatic carbocycles. The SMILES string of the molecule is O=C(O)C1CC(=O)N(CC=Cc2ccccc2)C1. The van der Waals surface area contributed by atoms with Gasteiger partial charge in [-0.1, -0.05) is 42.5 Å². The molecule has 1 atom stereocenters. The molecule has 4 nitrogen and oxygen atoms in total. The number of hydrogen-bond acceptors (Lipinski definition) is 2. The lowest BCUT2D eigenvalue weighted by molar-refractivity contribution is -0.141. The molecule has 1 unspecified atom stereocenters. The predicted octanol–water partition coefficient (Wildman–Crippen LogP) is 1.63. The molecule has 1 aliphatic rings. The lowest BCUT2D eigenvalue weighted by atomic mass is 10.1. The van der Waals surface area contributed by atoms with E-state index in [1.165, 1.54) is 0 Å². The summed E-state index contributed by atoms with van der Waals surface area (Å²) in [6, 6.07) is 9.78. The van der Waals surface area contributed by atoms with Gasteiger partial charge in [-0.3, -0.25) is 9.59 Å². The molecule has 0 saturated carbocycles. The quantitative estimate of drug-likeness (QED) is 0.877. The molecule has 1 aromatic carbocycles. The Balaban J connectivity index is 1.89. The lowest BCUT2D eigenvalue weighted by Gasteiger charge is -2.12. The normalized spacial score (nSPS) is 19.7. The largest absolute Gasteiger partial charge is 0.481 e. The molecular weight excluding hydrogens is 230 g/mol. The van der Waals surface area contributed by atoms with E-state index >= 15 is 0 Å². The molecule has 0 spiro atoms. The van der Waals surface area contributed by atoms with Crippen LogP contribution in [0.5, 0.6) is 0 Å². The van der Waals surface area contributed by atoms with Crippen LogP contribution >= 0.6 is 0 Å². The number of aliphatic carboxylic acids is 1. The van der Waals surface area contributed by atoms with Gasteiger partial charge in [0.05, 0.1) is 5.92 Å². The standard InChI is InChI=1S/C14H15NO3/c16-13-9-12(14(17)18)10-15(13)8-4-7-11-5-2-1-3-6-11/h1-7,12H,8-10H2,(H,17,18). The fourth-order valence-corrected chi connectivity index (χ4v) is 1.99. The van der Waals surface area contributed by atoms with Gasteiger partial charge in [-0.2, -0.15) is 0 Å². The van der Waals surface area contributed by atoms with Gasteiger partial charge in [-0.05, 0) is 5.56 Å². The Morgan fingerprint density at radius 1 is 1.39 bits per heavy atom. The van der Waals surface area contributed by atoms with Crippen molar-refractivity contribution in [2.45, 2.75) is 6.42 Å². The van der Waals surface area contributed by atoms with E-state index in [1.54, 1.807) is 4.90 Å². The number of benzene rings is 1. The number of carboxylic acids is 1. The maximum absolute atomic E-state index is 11.6. The molecule has 1 heterocycles. The first-order chi connectivity index (χ1) is 8.66. The van der Waals surface area contributed by atoms with Crippen molar-refractivity contribution < 1.29 is 14.7 Å². The number of hydrogen-bond donors (Lipinski definition) is 1. The highest BCUT2D eigenvalue weighted by Crippen LogP contribution is 2.17. The molecule has 2 rings (SSSR count). The molecule has 1 aromatic rings. The summed E-state index contributed by atoms with van der Waals surface area (Å²) in [6.45, 7) is 0.783. The van der Waals surface area contributed by atoms with E-state index in [9.17, 15) is 9.59 Å². The maximum Gasteiger partial charge on any atom is 0.308 e. The molecule has 0 radical (unpaired) electrons. The number of amides is 1. The molecule has 18 heavy (non-hydrogen) atoms. The van der Waals surface area contributed by atoms with Crippen LogP contribution in [0, 0.1) is 5.92 Å². The van der Waals surface area contributed by atoms with Gasteiger partial charge >= 0.3 is 5.97 Å². The fraction of sp³-hybridized carbons (Fsp3) is 0.286. The van der Waals surface area contributed by atoms with Crippen molar-refractivity contribution in [2.24, 2.45) is 5.92 Å². The highest BCUT2D eigenvalue weighted by molar-refractivity contribution is 5.86. The van der Waals surface area contributed by atoms with E-state index in [1.807, 2.05) is 42.5 Å². The number of carbonyl (C=O) groups excluding carboxylic acids is 1. The van der Waals surface area contributed by atoms with Crippen molar-refractivity contribution in [3.63, 3.8) is 0 Å². The lowest BCUT2D eigenvalue weighted by Crippen LogP contribution is -2.26. The first-order valence-electron chi connectivity index (χ1n) is 5.89. The van der Waals surface area contributed by atoms with Gasteiger partial charge in [0.1, 0.15) is 0 Å². The van der Waals surface area contributed by atoms with Crippen LogP contribution in [0.1, 0.15) is 12.0 Å². The van der Waals surface area contributed by atoms with Crippen LogP contribution in [0.4, 0.5) is 0 Å². The molecular formula is C14H15NO3. The summed E-state index contributed by atoms with van der Waals surface area (Å²) >= 11 is 0. The summed E-state index contributed by atoms with van der Waals surface area (Å²) in [7, 11) is 0. The summed E-state index contributed by atoms with van der Waals surface area (Å²) in [4.78, 5) is 23.9. The monoisotopic (exact) mass is 245 g/mol. The maximum atomic E-state index is 11.6. The second-order valence-corrected chi connectivity index (χ2v) is 4.35. The van der Waals surface area contributed by atoms with Crippen molar-refractivity contribution >= 4 is 18.0 Å². The number of carboxylic acid groups (broad SMARTS) is 1. The van der Waals surface area contributed by atoms with Crippen molar-refractivity contribution in [3.05, 3.63) is 42.0 Å². The summed E-state index contributed by atoms with van der Waals surface area (Å²) in [5.41, 5.74) is 1.07. The van der Waals surface area contributed by atoms with E-state index in [4.69, 9.17) is 5.11 Å². The van der Waals surface area contributed by atoms with E-state index in [-0.39, 0.29) is 12.3 Å². The molecule has 94 valence electrons. The highest BCUT2D eigenvalue weighted by Gasteiger charge is 2.33. The van der Waals surface area contributed by atoms with Crippen molar-refractivity contribution in [2.75, 3.05) is 13.1 Å². The van der Waals surface area contributed by atoms with Crippen LogP contribution in [-0.4, -0.2) is 35.0 Å². The van der Waals surface area contributed by atoms with Gasteiger partial charge < -0.3 is 10.0 Å². The first kappa shape index (κ1) is 12.4. The average molecular weight is 245 g/mol. The zero-order valence-electron chi connectivity index (χ0n) is 9.95. The van der Waals surface area contributed by atoms with Gasteiger partial charge in [-0.15, -0.1) is 0 Å². The zero-order chi connectivity index (χ0) is 13.0. The second kappa shape index (κ2) is 5.49. The third-order valence-electron chi connectivity index (χ3n) is 3.00. The van der Waals surface area contributed by atoms with Crippen molar-refractivity contribution in [3.8, 4) is 0 Å². The molecule has 4 heteroatoms. The smallest absolute Gasteiger partial charge is 0.308 e. The zero-order valence-corrected chi connectivity index (χ0v) is 9.95. The van der Waals surface area contributed by atoms with E-state index in [0.717, 1.165) is 5.56 Å². The molecule has 1 aliphatic heterocycles. The van der Waals surface area contributed by atoms with Crippen LogP contribution in [0.3, 0.4) is 0 Å². The van der Waals surface area contributed by atoms with Crippen molar-refractivity contribution in [1.29, 1.82) is 0 Å². The molecule has 0 aromatic heterocycles. The van der Waals surface area contributed by atoms with Crippen LogP contribution in [-0.2, 0) is 9.59 Å². The van der Waals surface area contributed by atoms with Crippen LogP contribution in [0.2, 0.25) is 0 Å². The summed E-state index contributed by atoms with van der Waals surface area (Å²) in [5, 5.41) is 8.86. The number of carbonyl (C=O) groups is 2. The molecule has 1 amide bonds. The highest BCUT2D eigenvalue weighted by atomic mass is 16.4. The van der Waals surface area contributed by atoms with Gasteiger partial charge in [0.15, 0.2) is 0 Å². The Bertz CT molecular complexity index is 467. The third kappa shape index (κ3) is 2.97. The molecule has 1 saturated heterocycles. The fourth-order valence-electron chi connectivity index (χ4n) is 1.99. The summed E-state index contributed by atoms with van der Waals surface area (Å²) in [6.07, 6.45) is 3.94. The molecule has 1 fully saturated rings. The third-order valence-corrected chi connectivity index (χ3v) is 3.00. The average Bonchev–Trinajstić information content (AvgIpc) is 2.73. The van der Waals surface area contributed by atoms with Crippen LogP contribution in [0.15, 0.2) is 36.4 Å². The Morgan fingerprint density at radius 3 is 2.72 bits per heavy atom. The first-order valence-corrected chi connectivity index (χ1v) is 5.89. The predicted molar refractivity (Wildman–Crippen MR) is 67.8 cm³/mol. The minimum Gasteiger partial charge on any atom is -0.481 e. The van der Waals surface area contributed by atoms with E-state index in [2.05, 4.69) is 0 Å². The summed E-state index contributed by atoms with van der Waals surface area (Å²) in [5.74, 6) is -1.53. The second-order valence-electron chi connectivity index (χ2n) is 4.35. The van der Waals surface area contributed by atoms with E-state index in [0.29, 0.717) is 13.1 Å². The van der Waals surface area contributed by atoms with Crippen LogP contribution < -0.4 is 0 Å². The Hall–Kier alpha value is -2.10. The summed E-state index contributed by atoms with van der Waals surface area (Å²) < 4.78 is 0. The minimum absolute atomic E-state index is 0.0832. The number of nitrogens with zero attached hydrogens (tertiary/aromatic N) is 1. The Labute approximate surface area is 106 Å². The van der Waals surface area contributed by atoms with Gasteiger partial charge in [0.25, 0.3) is 0 Å².